The molecular formula is C26H32Cl2O2. The fourth-order valence-electron chi connectivity index (χ4n) is 7.46. The maximum absolute atomic E-state index is 11.4. The first-order valence-corrected chi connectivity index (χ1v) is 12.2. The van der Waals surface area contributed by atoms with Gasteiger partial charge in [0.2, 0.25) is 0 Å². The Labute approximate surface area is 190 Å². The Morgan fingerprint density at radius 3 is 2.60 bits per heavy atom. The maximum atomic E-state index is 11.4. The maximum Gasteiger partial charge on any atom is 0.0809 e. The van der Waals surface area contributed by atoms with Gasteiger partial charge in [-0.25, -0.2) is 0 Å². The molecule has 30 heavy (non-hydrogen) atoms. The van der Waals surface area contributed by atoms with E-state index in [1.807, 2.05) is 12.1 Å². The lowest BCUT2D eigenvalue weighted by Crippen LogP contribution is -2.51. The monoisotopic (exact) mass is 446 g/mol. The van der Waals surface area contributed by atoms with Gasteiger partial charge in [-0.05, 0) is 91.4 Å². The van der Waals surface area contributed by atoms with Gasteiger partial charge in [0.05, 0.1) is 12.2 Å². The minimum atomic E-state index is -0.415. The number of halogens is 2. The zero-order valence-electron chi connectivity index (χ0n) is 17.9. The number of hydrogen-bond acceptors (Lipinski definition) is 2. The van der Waals surface area contributed by atoms with Crippen molar-refractivity contribution >= 4 is 29.3 Å². The molecule has 3 fully saturated rings. The normalized spacial score (nSPS) is 44.3. The second-order valence-electron chi connectivity index (χ2n) is 10.7. The SMILES string of the molecule is C[C@]12CC[C@H]3[C@@H](CC=C4C[C@H](O)CC[C@@]43C)[C@@H]1C/C(=C\c1ccc(Cl)cc1Cl)[C@@H]2O. The van der Waals surface area contributed by atoms with Crippen molar-refractivity contribution in [3.8, 4) is 0 Å². The number of hydrogen-bond donors (Lipinski definition) is 2. The van der Waals surface area contributed by atoms with Crippen LogP contribution in [0.4, 0.5) is 0 Å². The van der Waals surface area contributed by atoms with Crippen molar-refractivity contribution in [1.82, 2.24) is 0 Å². The lowest BCUT2D eigenvalue weighted by atomic mass is 9.48. The number of allylic oxidation sites excluding steroid dienone is 1. The molecule has 4 heteroatoms. The lowest BCUT2D eigenvalue weighted by molar-refractivity contribution is -0.0685. The summed E-state index contributed by atoms with van der Waals surface area (Å²) in [4.78, 5) is 0. The van der Waals surface area contributed by atoms with Gasteiger partial charge in [-0.2, -0.15) is 0 Å². The second-order valence-corrected chi connectivity index (χ2v) is 11.5. The highest BCUT2D eigenvalue weighted by Gasteiger charge is 2.59. The Kier molecular flexibility index (Phi) is 5.18. The minimum absolute atomic E-state index is 0.0677. The molecule has 0 spiro atoms. The third-order valence-electron chi connectivity index (χ3n) is 9.25. The number of aliphatic hydroxyl groups is 2. The van der Waals surface area contributed by atoms with Crippen molar-refractivity contribution < 1.29 is 10.2 Å². The molecule has 0 heterocycles. The van der Waals surface area contributed by atoms with Crippen LogP contribution in [-0.2, 0) is 0 Å². The summed E-state index contributed by atoms with van der Waals surface area (Å²) in [7, 11) is 0. The predicted octanol–water partition coefficient (Wildman–Crippen LogP) is 6.67. The Hall–Kier alpha value is -0.800. The standard InChI is InChI=1S/C26H32Cl2O2/c1-25-9-7-19(29)13-17(25)4-6-20-21(25)8-10-26(2)22(20)12-16(24(26)30)11-15-3-5-18(27)14-23(15)28/h3-5,11,14,19-22,24,29-30H,6-10,12-13H2,1-2H3/b16-11+/t19-,20-,21+,22+,24+,25+,26+/m1/s1. The second kappa shape index (κ2) is 7.37. The van der Waals surface area contributed by atoms with Crippen LogP contribution in [0.3, 0.4) is 0 Å². The highest BCUT2D eigenvalue weighted by molar-refractivity contribution is 6.35. The number of aliphatic hydroxyl groups excluding tert-OH is 2. The molecule has 7 atom stereocenters. The zero-order chi connectivity index (χ0) is 21.3. The quantitative estimate of drug-likeness (QED) is 0.472. The average Bonchev–Trinajstić information content (AvgIpc) is 2.95. The number of benzene rings is 1. The van der Waals surface area contributed by atoms with E-state index in [0.717, 1.165) is 49.7 Å². The van der Waals surface area contributed by atoms with Crippen LogP contribution < -0.4 is 0 Å². The Balaban J connectivity index is 1.48. The van der Waals surface area contributed by atoms with Crippen LogP contribution in [0.1, 0.15) is 64.4 Å². The Bertz CT molecular complexity index is 922. The van der Waals surface area contributed by atoms with Gasteiger partial charge in [-0.3, -0.25) is 0 Å². The molecule has 2 N–H and O–H groups in total. The molecule has 3 saturated carbocycles. The molecule has 4 aliphatic rings. The van der Waals surface area contributed by atoms with Crippen LogP contribution >= 0.6 is 23.2 Å². The van der Waals surface area contributed by atoms with Crippen LogP contribution in [0.25, 0.3) is 6.08 Å². The molecule has 0 aromatic heterocycles. The summed E-state index contributed by atoms with van der Waals surface area (Å²) in [6.07, 6.45) is 11.1. The summed E-state index contributed by atoms with van der Waals surface area (Å²) in [5.41, 5.74) is 3.70. The largest absolute Gasteiger partial charge is 0.393 e. The fourth-order valence-corrected chi connectivity index (χ4v) is 7.92. The van der Waals surface area contributed by atoms with Gasteiger partial charge in [0.25, 0.3) is 0 Å². The Morgan fingerprint density at radius 1 is 1.03 bits per heavy atom. The molecule has 0 unspecified atom stereocenters. The van der Waals surface area contributed by atoms with Gasteiger partial charge < -0.3 is 10.2 Å². The van der Waals surface area contributed by atoms with Gasteiger partial charge in [0, 0.05) is 15.5 Å². The molecule has 162 valence electrons. The molecular weight excluding hydrogens is 415 g/mol. The van der Waals surface area contributed by atoms with E-state index in [9.17, 15) is 10.2 Å². The Morgan fingerprint density at radius 2 is 1.83 bits per heavy atom. The van der Waals surface area contributed by atoms with E-state index in [2.05, 4.69) is 26.0 Å². The minimum Gasteiger partial charge on any atom is -0.393 e. The van der Waals surface area contributed by atoms with Crippen molar-refractivity contribution in [3.05, 3.63) is 51.0 Å². The molecule has 5 rings (SSSR count). The van der Waals surface area contributed by atoms with E-state index in [1.54, 1.807) is 6.07 Å². The summed E-state index contributed by atoms with van der Waals surface area (Å²) in [5, 5.41) is 22.9. The van der Waals surface area contributed by atoms with Crippen molar-refractivity contribution in [2.75, 3.05) is 0 Å². The first-order valence-electron chi connectivity index (χ1n) is 11.4. The predicted molar refractivity (Wildman–Crippen MR) is 124 cm³/mol. The van der Waals surface area contributed by atoms with Gasteiger partial charge in [-0.1, -0.05) is 60.8 Å². The summed E-state index contributed by atoms with van der Waals surface area (Å²) in [6.45, 7) is 4.74. The van der Waals surface area contributed by atoms with Crippen molar-refractivity contribution in [3.63, 3.8) is 0 Å². The molecule has 1 aromatic rings. The third kappa shape index (κ3) is 3.13. The molecule has 2 nitrogen and oxygen atoms in total. The van der Waals surface area contributed by atoms with E-state index < -0.39 is 6.10 Å². The van der Waals surface area contributed by atoms with E-state index >= 15 is 0 Å². The molecule has 1 aromatic carbocycles. The van der Waals surface area contributed by atoms with E-state index in [4.69, 9.17) is 23.2 Å². The van der Waals surface area contributed by atoms with Gasteiger partial charge in [0.15, 0.2) is 0 Å². The van der Waals surface area contributed by atoms with E-state index in [0.29, 0.717) is 27.8 Å². The number of fused-ring (bicyclic) bond motifs is 5. The highest BCUT2D eigenvalue weighted by Crippen LogP contribution is 2.65. The number of rotatable bonds is 1. The van der Waals surface area contributed by atoms with Crippen LogP contribution in [0.2, 0.25) is 10.0 Å². The molecule has 0 aliphatic heterocycles. The smallest absolute Gasteiger partial charge is 0.0809 e. The fraction of sp³-hybridized carbons (Fsp3) is 0.615. The molecule has 0 amide bonds. The lowest BCUT2D eigenvalue weighted by Gasteiger charge is -2.57. The molecule has 0 bridgehead atoms. The van der Waals surface area contributed by atoms with Crippen molar-refractivity contribution in [2.24, 2.45) is 28.6 Å². The molecule has 0 saturated heterocycles. The average molecular weight is 447 g/mol. The first-order chi connectivity index (χ1) is 14.2. The van der Waals surface area contributed by atoms with Gasteiger partial charge in [0.1, 0.15) is 0 Å². The van der Waals surface area contributed by atoms with Crippen molar-refractivity contribution in [1.29, 1.82) is 0 Å². The van der Waals surface area contributed by atoms with Gasteiger partial charge in [-0.15, -0.1) is 0 Å². The van der Waals surface area contributed by atoms with E-state index in [1.165, 1.54) is 12.0 Å². The topological polar surface area (TPSA) is 40.5 Å². The highest BCUT2D eigenvalue weighted by atomic mass is 35.5. The summed E-state index contributed by atoms with van der Waals surface area (Å²) in [5.74, 6) is 1.76. The molecule has 0 radical (unpaired) electrons. The summed E-state index contributed by atoms with van der Waals surface area (Å²) in [6, 6.07) is 5.58. The van der Waals surface area contributed by atoms with Crippen LogP contribution in [0, 0.1) is 28.6 Å². The third-order valence-corrected chi connectivity index (χ3v) is 9.81. The first kappa shape index (κ1) is 21.1. The van der Waals surface area contributed by atoms with Crippen LogP contribution in [-0.4, -0.2) is 22.4 Å². The van der Waals surface area contributed by atoms with E-state index in [-0.39, 0.29) is 16.9 Å². The van der Waals surface area contributed by atoms with Crippen molar-refractivity contribution in [2.45, 2.75) is 71.0 Å². The van der Waals surface area contributed by atoms with Crippen LogP contribution in [0.15, 0.2) is 35.4 Å². The van der Waals surface area contributed by atoms with Crippen LogP contribution in [0.5, 0.6) is 0 Å². The summed E-state index contributed by atoms with van der Waals surface area (Å²) >= 11 is 12.5. The van der Waals surface area contributed by atoms with Gasteiger partial charge >= 0.3 is 0 Å². The zero-order valence-corrected chi connectivity index (χ0v) is 19.4. The summed E-state index contributed by atoms with van der Waals surface area (Å²) < 4.78 is 0. The molecule has 4 aliphatic carbocycles.